The van der Waals surface area contributed by atoms with Crippen LogP contribution in [0.4, 0.5) is 4.79 Å². The van der Waals surface area contributed by atoms with Crippen LogP contribution in [0.1, 0.15) is 26.2 Å². The number of amides is 2. The third-order valence-corrected chi connectivity index (χ3v) is 3.08. The monoisotopic (exact) mass is 270 g/mol. The standard InChI is InChI=1S/C13H22N2O4/c1-10(3-4-12(16)17)14-13(18)15-7-5-11(6-8-15)9-19-2/h5,10H,3-4,6-9H2,1-2H3,(H,14,18)(H,16,17). The van der Waals surface area contributed by atoms with Gasteiger partial charge in [0.05, 0.1) is 6.61 Å². The Morgan fingerprint density at radius 2 is 2.32 bits per heavy atom. The van der Waals surface area contributed by atoms with Gasteiger partial charge in [0, 0.05) is 32.7 Å². The smallest absolute Gasteiger partial charge is 0.317 e. The Morgan fingerprint density at radius 3 is 2.84 bits per heavy atom. The fraction of sp³-hybridized carbons (Fsp3) is 0.692. The predicted octanol–water partition coefficient (Wildman–Crippen LogP) is 1.23. The summed E-state index contributed by atoms with van der Waals surface area (Å²) in [4.78, 5) is 24.1. The van der Waals surface area contributed by atoms with Gasteiger partial charge in [0.25, 0.3) is 0 Å². The lowest BCUT2D eigenvalue weighted by atomic mass is 10.1. The van der Waals surface area contributed by atoms with Crippen molar-refractivity contribution in [3.8, 4) is 0 Å². The van der Waals surface area contributed by atoms with Gasteiger partial charge in [-0.2, -0.15) is 0 Å². The summed E-state index contributed by atoms with van der Waals surface area (Å²) in [5.74, 6) is -0.841. The molecular weight excluding hydrogens is 248 g/mol. The molecule has 0 aromatic rings. The lowest BCUT2D eigenvalue weighted by molar-refractivity contribution is -0.137. The maximum Gasteiger partial charge on any atom is 0.317 e. The Labute approximate surface area is 113 Å². The normalized spacial score (nSPS) is 16.7. The molecule has 1 heterocycles. The number of aliphatic carboxylic acids is 1. The number of nitrogens with zero attached hydrogens (tertiary/aromatic N) is 1. The van der Waals surface area contributed by atoms with Crippen LogP contribution in [0.25, 0.3) is 0 Å². The summed E-state index contributed by atoms with van der Waals surface area (Å²) in [7, 11) is 1.66. The van der Waals surface area contributed by atoms with Crippen LogP contribution in [0.15, 0.2) is 11.6 Å². The predicted molar refractivity (Wildman–Crippen MR) is 71.0 cm³/mol. The number of carbonyl (C=O) groups is 2. The highest BCUT2D eigenvalue weighted by Gasteiger charge is 2.18. The van der Waals surface area contributed by atoms with E-state index in [2.05, 4.69) is 5.32 Å². The first-order valence-electron chi connectivity index (χ1n) is 6.47. The summed E-state index contributed by atoms with van der Waals surface area (Å²) in [6, 6.07) is -0.265. The van der Waals surface area contributed by atoms with Gasteiger partial charge >= 0.3 is 12.0 Å². The second kappa shape index (κ2) is 7.78. The van der Waals surface area contributed by atoms with Crippen LogP contribution in [0.5, 0.6) is 0 Å². The molecule has 0 fully saturated rings. The quantitative estimate of drug-likeness (QED) is 0.711. The zero-order valence-electron chi connectivity index (χ0n) is 11.5. The fourth-order valence-corrected chi connectivity index (χ4v) is 1.93. The Kier molecular flexibility index (Phi) is 6.35. The fourth-order valence-electron chi connectivity index (χ4n) is 1.93. The van der Waals surface area contributed by atoms with Crippen LogP contribution in [0, 0.1) is 0 Å². The van der Waals surface area contributed by atoms with Gasteiger partial charge in [-0.15, -0.1) is 0 Å². The van der Waals surface area contributed by atoms with Crippen molar-refractivity contribution in [1.29, 1.82) is 0 Å². The zero-order chi connectivity index (χ0) is 14.3. The molecule has 6 heteroatoms. The first kappa shape index (κ1) is 15.5. The molecule has 19 heavy (non-hydrogen) atoms. The first-order valence-corrected chi connectivity index (χ1v) is 6.47. The van der Waals surface area contributed by atoms with Crippen LogP contribution in [-0.4, -0.2) is 54.9 Å². The highest BCUT2D eigenvalue weighted by atomic mass is 16.5. The number of methoxy groups -OCH3 is 1. The SMILES string of the molecule is COCC1=CCN(C(=O)NC(C)CCC(=O)O)CC1. The molecule has 6 nitrogen and oxygen atoms in total. The molecule has 0 saturated carbocycles. The number of nitrogens with one attached hydrogen (secondary N) is 1. The Hall–Kier alpha value is -1.56. The highest BCUT2D eigenvalue weighted by molar-refractivity contribution is 5.75. The average molecular weight is 270 g/mol. The largest absolute Gasteiger partial charge is 0.481 e. The zero-order valence-corrected chi connectivity index (χ0v) is 11.5. The van der Waals surface area contributed by atoms with Crippen LogP contribution in [0.3, 0.4) is 0 Å². The molecule has 1 unspecified atom stereocenters. The van der Waals surface area contributed by atoms with Crippen molar-refractivity contribution < 1.29 is 19.4 Å². The molecule has 1 rings (SSSR count). The third-order valence-electron chi connectivity index (χ3n) is 3.08. The number of rotatable bonds is 6. The molecular formula is C13H22N2O4. The molecule has 0 radical (unpaired) electrons. The average Bonchev–Trinajstić information content (AvgIpc) is 2.37. The van der Waals surface area contributed by atoms with E-state index < -0.39 is 5.97 Å². The highest BCUT2D eigenvalue weighted by Crippen LogP contribution is 2.11. The molecule has 2 N–H and O–H groups in total. The van der Waals surface area contributed by atoms with Crippen molar-refractivity contribution in [3.05, 3.63) is 11.6 Å². The van der Waals surface area contributed by atoms with Gasteiger partial charge in [-0.3, -0.25) is 4.79 Å². The first-order chi connectivity index (χ1) is 9.02. The number of ether oxygens (including phenoxy) is 1. The van der Waals surface area contributed by atoms with Crippen molar-refractivity contribution in [2.24, 2.45) is 0 Å². The van der Waals surface area contributed by atoms with Gasteiger partial charge in [0.1, 0.15) is 0 Å². The van der Waals surface area contributed by atoms with E-state index in [1.54, 1.807) is 12.0 Å². The molecule has 0 aromatic carbocycles. The molecule has 0 aliphatic carbocycles. The van der Waals surface area contributed by atoms with Crippen molar-refractivity contribution in [2.45, 2.75) is 32.2 Å². The van der Waals surface area contributed by atoms with E-state index in [-0.39, 0.29) is 18.5 Å². The van der Waals surface area contributed by atoms with Gasteiger partial charge in [-0.1, -0.05) is 6.08 Å². The number of hydrogen-bond acceptors (Lipinski definition) is 3. The molecule has 0 aromatic heterocycles. The van der Waals surface area contributed by atoms with E-state index in [9.17, 15) is 9.59 Å². The maximum atomic E-state index is 11.9. The molecule has 1 atom stereocenters. The van der Waals surface area contributed by atoms with Crippen molar-refractivity contribution >= 4 is 12.0 Å². The summed E-state index contributed by atoms with van der Waals surface area (Å²) >= 11 is 0. The third kappa shape index (κ3) is 5.74. The number of carboxylic acids is 1. The molecule has 0 spiro atoms. The van der Waals surface area contributed by atoms with E-state index in [0.29, 0.717) is 26.1 Å². The van der Waals surface area contributed by atoms with Crippen LogP contribution in [-0.2, 0) is 9.53 Å². The second-order valence-corrected chi connectivity index (χ2v) is 4.77. The minimum atomic E-state index is -0.841. The summed E-state index contributed by atoms with van der Waals surface area (Å²) in [5.41, 5.74) is 1.21. The summed E-state index contributed by atoms with van der Waals surface area (Å²) in [6.07, 6.45) is 3.35. The lowest BCUT2D eigenvalue weighted by Gasteiger charge is -2.28. The lowest BCUT2D eigenvalue weighted by Crippen LogP contribution is -2.45. The van der Waals surface area contributed by atoms with E-state index in [1.807, 2.05) is 13.0 Å². The minimum absolute atomic E-state index is 0.0688. The van der Waals surface area contributed by atoms with Crippen molar-refractivity contribution in [1.82, 2.24) is 10.2 Å². The summed E-state index contributed by atoms with van der Waals surface area (Å²) in [5, 5.41) is 11.4. The van der Waals surface area contributed by atoms with Crippen molar-refractivity contribution in [3.63, 3.8) is 0 Å². The van der Waals surface area contributed by atoms with Gasteiger partial charge in [-0.25, -0.2) is 4.79 Å². The van der Waals surface area contributed by atoms with Crippen LogP contribution < -0.4 is 5.32 Å². The number of hydrogen-bond donors (Lipinski definition) is 2. The molecule has 0 bridgehead atoms. The summed E-state index contributed by atoms with van der Waals surface area (Å²) in [6.45, 7) is 3.68. The number of carboxylic acid groups (broad SMARTS) is 1. The van der Waals surface area contributed by atoms with Gasteiger partial charge in [-0.05, 0) is 25.3 Å². The molecule has 0 saturated heterocycles. The Bertz CT molecular complexity index is 355. The van der Waals surface area contributed by atoms with Gasteiger partial charge < -0.3 is 20.1 Å². The Balaban J connectivity index is 2.33. The van der Waals surface area contributed by atoms with Gasteiger partial charge in [0.2, 0.25) is 0 Å². The molecule has 1 aliphatic heterocycles. The summed E-state index contributed by atoms with van der Waals surface area (Å²) < 4.78 is 5.05. The topological polar surface area (TPSA) is 78.9 Å². The van der Waals surface area contributed by atoms with Crippen LogP contribution >= 0.6 is 0 Å². The van der Waals surface area contributed by atoms with E-state index in [0.717, 1.165) is 6.42 Å². The molecule has 1 aliphatic rings. The van der Waals surface area contributed by atoms with E-state index >= 15 is 0 Å². The van der Waals surface area contributed by atoms with Gasteiger partial charge in [0.15, 0.2) is 0 Å². The minimum Gasteiger partial charge on any atom is -0.481 e. The van der Waals surface area contributed by atoms with Crippen LogP contribution in [0.2, 0.25) is 0 Å². The van der Waals surface area contributed by atoms with Crippen molar-refractivity contribution in [2.75, 3.05) is 26.8 Å². The molecule has 2 amide bonds. The molecule has 108 valence electrons. The maximum absolute atomic E-state index is 11.9. The number of carbonyl (C=O) groups excluding carboxylic acids is 1. The Morgan fingerprint density at radius 1 is 1.58 bits per heavy atom. The second-order valence-electron chi connectivity index (χ2n) is 4.77. The number of urea groups is 1. The van der Waals surface area contributed by atoms with E-state index in [1.165, 1.54) is 5.57 Å². The van der Waals surface area contributed by atoms with E-state index in [4.69, 9.17) is 9.84 Å².